The SMILES string of the molecule is Cc1cc(O)cc(NC(=O)Nc2ccc(-c3ccnc4n[nH]c(N)c34)c3ccccc23)c1. The molecule has 0 bridgehead atoms. The van der Waals surface area contributed by atoms with E-state index < -0.39 is 6.03 Å². The van der Waals surface area contributed by atoms with E-state index in [-0.39, 0.29) is 5.75 Å². The van der Waals surface area contributed by atoms with Gasteiger partial charge in [-0.1, -0.05) is 30.3 Å². The third-order valence-corrected chi connectivity index (χ3v) is 5.26. The smallest absolute Gasteiger partial charge is 0.323 e. The molecule has 0 radical (unpaired) electrons. The Balaban J connectivity index is 1.54. The Kier molecular flexibility index (Phi) is 4.59. The number of amides is 2. The van der Waals surface area contributed by atoms with Crippen LogP contribution in [0.5, 0.6) is 5.75 Å². The number of aromatic nitrogens is 3. The number of nitrogens with zero attached hydrogens (tertiary/aromatic N) is 2. The summed E-state index contributed by atoms with van der Waals surface area (Å²) in [6.45, 7) is 1.85. The fourth-order valence-electron chi connectivity index (χ4n) is 3.96. The van der Waals surface area contributed by atoms with E-state index in [0.717, 1.165) is 32.8 Å². The molecule has 0 unspecified atom stereocenters. The Morgan fingerprint density at radius 3 is 2.62 bits per heavy atom. The van der Waals surface area contributed by atoms with E-state index in [4.69, 9.17) is 5.73 Å². The first-order valence-electron chi connectivity index (χ1n) is 9.99. The number of carbonyl (C=O) groups excluding carboxylic acids is 1. The summed E-state index contributed by atoms with van der Waals surface area (Å²) >= 11 is 0. The number of urea groups is 1. The molecule has 0 saturated carbocycles. The van der Waals surface area contributed by atoms with Crippen LogP contribution in [-0.4, -0.2) is 26.3 Å². The number of hydrogen-bond acceptors (Lipinski definition) is 5. The van der Waals surface area contributed by atoms with E-state index in [2.05, 4.69) is 25.8 Å². The third kappa shape index (κ3) is 3.43. The minimum Gasteiger partial charge on any atom is -0.508 e. The molecule has 0 aliphatic rings. The van der Waals surface area contributed by atoms with Crippen LogP contribution in [0.4, 0.5) is 22.0 Å². The predicted molar refractivity (Wildman–Crippen MR) is 127 cm³/mol. The van der Waals surface area contributed by atoms with Crippen LogP contribution in [0.3, 0.4) is 0 Å². The summed E-state index contributed by atoms with van der Waals surface area (Å²) < 4.78 is 0. The zero-order valence-corrected chi connectivity index (χ0v) is 17.2. The van der Waals surface area contributed by atoms with Gasteiger partial charge in [0.25, 0.3) is 0 Å². The number of aromatic amines is 1. The molecule has 2 aromatic heterocycles. The molecule has 0 fully saturated rings. The van der Waals surface area contributed by atoms with Crippen molar-refractivity contribution in [3.8, 4) is 16.9 Å². The van der Waals surface area contributed by atoms with Crippen molar-refractivity contribution in [1.82, 2.24) is 15.2 Å². The number of pyridine rings is 1. The molecule has 0 spiro atoms. The summed E-state index contributed by atoms with van der Waals surface area (Å²) in [5.41, 5.74) is 10.5. The standard InChI is InChI=1S/C24H20N6O2/c1-13-10-14(12-15(31)11-13)27-24(32)28-20-7-6-17(16-4-2-3-5-18(16)20)19-8-9-26-23-21(19)22(25)29-30-23/h2-12,31H,1H3,(H2,27,28,32)(H3,25,26,29,30). The average molecular weight is 424 g/mol. The zero-order valence-electron chi connectivity index (χ0n) is 17.2. The number of aromatic hydroxyl groups is 1. The number of H-pyrrole nitrogens is 1. The number of nitrogen functional groups attached to an aromatic ring is 1. The van der Waals surface area contributed by atoms with Crippen molar-refractivity contribution in [3.05, 3.63) is 72.4 Å². The average Bonchev–Trinajstić information content (AvgIpc) is 3.14. The molecule has 5 rings (SSSR count). The zero-order chi connectivity index (χ0) is 22.2. The quantitative estimate of drug-likeness (QED) is 0.278. The van der Waals surface area contributed by atoms with Crippen molar-refractivity contribution in [2.75, 3.05) is 16.4 Å². The van der Waals surface area contributed by atoms with Crippen molar-refractivity contribution < 1.29 is 9.90 Å². The fourth-order valence-corrected chi connectivity index (χ4v) is 3.96. The monoisotopic (exact) mass is 424 g/mol. The molecule has 3 aromatic carbocycles. The highest BCUT2D eigenvalue weighted by molar-refractivity contribution is 6.12. The minimum absolute atomic E-state index is 0.0947. The van der Waals surface area contributed by atoms with Gasteiger partial charge in [0.1, 0.15) is 11.6 Å². The molecule has 6 N–H and O–H groups in total. The number of carbonyl (C=O) groups is 1. The molecule has 158 valence electrons. The van der Waals surface area contributed by atoms with Gasteiger partial charge in [0.15, 0.2) is 5.65 Å². The largest absolute Gasteiger partial charge is 0.508 e. The van der Waals surface area contributed by atoms with Crippen molar-refractivity contribution in [1.29, 1.82) is 0 Å². The summed E-state index contributed by atoms with van der Waals surface area (Å²) in [6.07, 6.45) is 1.70. The molecule has 0 atom stereocenters. The Morgan fingerprint density at radius 2 is 1.81 bits per heavy atom. The summed E-state index contributed by atoms with van der Waals surface area (Å²) in [7, 11) is 0. The van der Waals surface area contributed by atoms with Crippen LogP contribution in [0.15, 0.2) is 66.9 Å². The van der Waals surface area contributed by atoms with Gasteiger partial charge < -0.3 is 21.5 Å². The molecule has 2 amide bonds. The van der Waals surface area contributed by atoms with Gasteiger partial charge in [0.2, 0.25) is 0 Å². The molecule has 2 heterocycles. The highest BCUT2D eigenvalue weighted by Crippen LogP contribution is 2.37. The van der Waals surface area contributed by atoms with Gasteiger partial charge in [0.05, 0.1) is 11.1 Å². The minimum atomic E-state index is -0.404. The molecular formula is C24H20N6O2. The van der Waals surface area contributed by atoms with Crippen LogP contribution >= 0.6 is 0 Å². The number of aryl methyl sites for hydroxylation is 1. The van der Waals surface area contributed by atoms with Crippen LogP contribution in [-0.2, 0) is 0 Å². The highest BCUT2D eigenvalue weighted by atomic mass is 16.3. The lowest BCUT2D eigenvalue weighted by atomic mass is 9.96. The van der Waals surface area contributed by atoms with Gasteiger partial charge >= 0.3 is 6.03 Å². The molecule has 0 aliphatic carbocycles. The van der Waals surface area contributed by atoms with E-state index in [1.807, 2.05) is 49.4 Å². The summed E-state index contributed by atoms with van der Waals surface area (Å²) in [6, 6.07) is 18.0. The van der Waals surface area contributed by atoms with Crippen LogP contribution in [0.25, 0.3) is 32.9 Å². The van der Waals surface area contributed by atoms with Crippen LogP contribution < -0.4 is 16.4 Å². The number of rotatable bonds is 3. The maximum Gasteiger partial charge on any atom is 0.323 e. The third-order valence-electron chi connectivity index (χ3n) is 5.26. The lowest BCUT2D eigenvalue weighted by Crippen LogP contribution is -2.19. The second-order valence-corrected chi connectivity index (χ2v) is 7.54. The van der Waals surface area contributed by atoms with Crippen molar-refractivity contribution in [3.63, 3.8) is 0 Å². The summed E-state index contributed by atoms with van der Waals surface area (Å²) in [5, 5.41) is 25.0. The van der Waals surface area contributed by atoms with Crippen LogP contribution in [0.2, 0.25) is 0 Å². The molecule has 32 heavy (non-hydrogen) atoms. The van der Waals surface area contributed by atoms with Crippen molar-refractivity contribution in [2.24, 2.45) is 0 Å². The van der Waals surface area contributed by atoms with Crippen LogP contribution in [0, 0.1) is 6.92 Å². The number of nitrogens with one attached hydrogen (secondary N) is 3. The lowest BCUT2D eigenvalue weighted by molar-refractivity contribution is 0.262. The maximum absolute atomic E-state index is 12.6. The van der Waals surface area contributed by atoms with Crippen molar-refractivity contribution in [2.45, 2.75) is 6.92 Å². The predicted octanol–water partition coefficient (Wildman–Crippen LogP) is 5.02. The van der Waals surface area contributed by atoms with E-state index >= 15 is 0 Å². The van der Waals surface area contributed by atoms with Gasteiger partial charge in [-0.25, -0.2) is 9.78 Å². The van der Waals surface area contributed by atoms with Crippen molar-refractivity contribution >= 4 is 45.0 Å². The number of hydrogen-bond donors (Lipinski definition) is 5. The van der Waals surface area contributed by atoms with Gasteiger partial charge in [0, 0.05) is 23.3 Å². The first-order chi connectivity index (χ1) is 15.5. The van der Waals surface area contributed by atoms with Gasteiger partial charge in [-0.15, -0.1) is 0 Å². The number of anilines is 3. The molecule has 5 aromatic rings. The summed E-state index contributed by atoms with van der Waals surface area (Å²) in [4.78, 5) is 16.9. The Labute approximate surface area is 183 Å². The lowest BCUT2D eigenvalue weighted by Gasteiger charge is -2.14. The first-order valence-corrected chi connectivity index (χ1v) is 9.99. The maximum atomic E-state index is 12.6. The number of nitrogens with two attached hydrogens (primary N) is 1. The van der Waals surface area contributed by atoms with Gasteiger partial charge in [-0.3, -0.25) is 5.10 Å². The van der Waals surface area contributed by atoms with E-state index in [1.165, 1.54) is 6.07 Å². The van der Waals surface area contributed by atoms with E-state index in [9.17, 15) is 9.90 Å². The normalized spacial score (nSPS) is 11.0. The fraction of sp³-hybridized carbons (Fsp3) is 0.0417. The number of benzene rings is 3. The van der Waals surface area contributed by atoms with Crippen LogP contribution in [0.1, 0.15) is 5.56 Å². The molecule has 8 heteroatoms. The van der Waals surface area contributed by atoms with Gasteiger partial charge in [-0.05, 0) is 53.3 Å². The summed E-state index contributed by atoms with van der Waals surface area (Å²) in [5.74, 6) is 0.549. The first kappa shape index (κ1) is 19.4. The molecular weight excluding hydrogens is 404 g/mol. The van der Waals surface area contributed by atoms with Gasteiger partial charge in [-0.2, -0.15) is 5.10 Å². The van der Waals surface area contributed by atoms with E-state index in [0.29, 0.717) is 22.8 Å². The molecule has 0 aliphatic heterocycles. The molecule has 8 nitrogen and oxygen atoms in total. The Hall–Kier alpha value is -4.59. The molecule has 0 saturated heterocycles. The second kappa shape index (κ2) is 7.59. The Morgan fingerprint density at radius 1 is 1.00 bits per heavy atom. The topological polar surface area (TPSA) is 129 Å². The number of fused-ring (bicyclic) bond motifs is 2. The highest BCUT2D eigenvalue weighted by Gasteiger charge is 2.15. The number of phenols is 1. The second-order valence-electron chi connectivity index (χ2n) is 7.54. The number of phenolic OH excluding ortho intramolecular Hbond substituents is 1. The Bertz CT molecular complexity index is 1470. The van der Waals surface area contributed by atoms with E-state index in [1.54, 1.807) is 18.3 Å².